The molecule has 1 radical (unpaired) electrons. The largest absolute Gasteiger partial charge is 0.327 e. The number of rotatable bonds is 0. The molecule has 0 aromatic heterocycles. The van der Waals surface area contributed by atoms with Crippen LogP contribution in [0.4, 0.5) is 0 Å². The summed E-state index contributed by atoms with van der Waals surface area (Å²) >= 11 is 0. The average molecular weight is 110 g/mol. The van der Waals surface area contributed by atoms with Gasteiger partial charge in [-0.25, -0.2) is 0 Å². The molecule has 1 nitrogen and oxygen atoms in total. The van der Waals surface area contributed by atoms with Crippen molar-refractivity contribution in [2.24, 2.45) is 17.6 Å². The highest BCUT2D eigenvalue weighted by molar-refractivity contribution is 5.04. The van der Waals surface area contributed by atoms with Crippen molar-refractivity contribution in [3.63, 3.8) is 0 Å². The third kappa shape index (κ3) is 0.510. The fourth-order valence-electron chi connectivity index (χ4n) is 2.05. The predicted molar refractivity (Wildman–Crippen MR) is 33.1 cm³/mol. The zero-order valence-electron chi connectivity index (χ0n) is 5.01. The lowest BCUT2D eigenvalue weighted by Crippen LogP contribution is -2.26. The van der Waals surface area contributed by atoms with Crippen molar-refractivity contribution < 1.29 is 0 Å². The molecule has 0 heterocycles. The molecule has 2 N–H and O–H groups in total. The highest BCUT2D eigenvalue weighted by atomic mass is 14.7. The van der Waals surface area contributed by atoms with E-state index in [0.717, 1.165) is 11.8 Å². The maximum atomic E-state index is 5.76. The van der Waals surface area contributed by atoms with Crippen LogP contribution in [0.1, 0.15) is 19.3 Å². The van der Waals surface area contributed by atoms with Gasteiger partial charge >= 0.3 is 0 Å². The Bertz CT molecular complexity index is 98.6. The first-order valence-corrected chi connectivity index (χ1v) is 3.47. The van der Waals surface area contributed by atoms with Gasteiger partial charge in [0.25, 0.3) is 0 Å². The van der Waals surface area contributed by atoms with Gasteiger partial charge in [-0.1, -0.05) is 0 Å². The summed E-state index contributed by atoms with van der Waals surface area (Å²) < 4.78 is 0. The summed E-state index contributed by atoms with van der Waals surface area (Å²) in [5, 5.41) is 0. The minimum atomic E-state index is 0.453. The molecule has 0 saturated heterocycles. The lowest BCUT2D eigenvalue weighted by molar-refractivity contribution is 0.488. The van der Waals surface area contributed by atoms with Crippen molar-refractivity contribution in [3.8, 4) is 0 Å². The highest BCUT2D eigenvalue weighted by Crippen LogP contribution is 2.42. The molecular weight excluding hydrogens is 98.1 g/mol. The molecule has 2 aliphatic carbocycles. The minimum absolute atomic E-state index is 0.453. The molecule has 2 fully saturated rings. The Morgan fingerprint density at radius 3 is 2.50 bits per heavy atom. The predicted octanol–water partition coefficient (Wildman–Crippen LogP) is 0.948. The summed E-state index contributed by atoms with van der Waals surface area (Å²) in [4.78, 5) is 0. The molecule has 1 heteroatoms. The molecular formula is C7H12N. The molecule has 2 rings (SSSR count). The quantitative estimate of drug-likeness (QED) is 0.493. The van der Waals surface area contributed by atoms with E-state index in [9.17, 15) is 0 Å². The maximum absolute atomic E-state index is 5.76. The molecule has 3 atom stereocenters. The van der Waals surface area contributed by atoms with E-state index in [1.807, 2.05) is 0 Å². The Hall–Kier alpha value is -0.0400. The molecule has 0 amide bonds. The maximum Gasteiger partial charge on any atom is 0.0102 e. The van der Waals surface area contributed by atoms with Gasteiger partial charge in [-0.05, 0) is 37.5 Å². The number of hydrogen-bond acceptors (Lipinski definition) is 1. The van der Waals surface area contributed by atoms with Crippen LogP contribution in [-0.4, -0.2) is 6.04 Å². The Kier molecular flexibility index (Phi) is 0.884. The molecule has 2 aliphatic rings. The van der Waals surface area contributed by atoms with E-state index in [0.29, 0.717) is 6.04 Å². The van der Waals surface area contributed by atoms with Crippen molar-refractivity contribution in [2.75, 3.05) is 0 Å². The van der Waals surface area contributed by atoms with E-state index in [1.54, 1.807) is 0 Å². The van der Waals surface area contributed by atoms with E-state index < -0.39 is 0 Å². The van der Waals surface area contributed by atoms with Crippen molar-refractivity contribution in [3.05, 3.63) is 6.42 Å². The van der Waals surface area contributed by atoms with E-state index in [1.165, 1.54) is 19.3 Å². The van der Waals surface area contributed by atoms with Crippen LogP contribution in [0, 0.1) is 18.3 Å². The van der Waals surface area contributed by atoms with Gasteiger partial charge < -0.3 is 5.73 Å². The average Bonchev–Trinajstić information content (AvgIpc) is 2.23. The fourth-order valence-corrected chi connectivity index (χ4v) is 2.05. The number of hydrogen-bond donors (Lipinski definition) is 1. The summed E-state index contributed by atoms with van der Waals surface area (Å²) in [6, 6.07) is 0.453. The van der Waals surface area contributed by atoms with Crippen LogP contribution in [0.3, 0.4) is 0 Å². The smallest absolute Gasteiger partial charge is 0.0102 e. The van der Waals surface area contributed by atoms with Gasteiger partial charge in [0.05, 0.1) is 0 Å². The van der Waals surface area contributed by atoms with Crippen molar-refractivity contribution in [2.45, 2.75) is 25.3 Å². The van der Waals surface area contributed by atoms with E-state index in [-0.39, 0.29) is 0 Å². The zero-order valence-corrected chi connectivity index (χ0v) is 5.01. The van der Waals surface area contributed by atoms with Crippen LogP contribution < -0.4 is 5.73 Å². The summed E-state index contributed by atoms with van der Waals surface area (Å²) in [7, 11) is 0. The van der Waals surface area contributed by atoms with Gasteiger partial charge in [-0.15, -0.1) is 0 Å². The van der Waals surface area contributed by atoms with Crippen LogP contribution in [-0.2, 0) is 0 Å². The van der Waals surface area contributed by atoms with Gasteiger partial charge in [-0.3, -0.25) is 0 Å². The third-order valence-electron chi connectivity index (χ3n) is 2.55. The monoisotopic (exact) mass is 110 g/mol. The first kappa shape index (κ1) is 4.80. The lowest BCUT2D eigenvalue weighted by atomic mass is 9.96. The van der Waals surface area contributed by atoms with Crippen LogP contribution in [0.25, 0.3) is 0 Å². The van der Waals surface area contributed by atoms with Crippen molar-refractivity contribution in [1.29, 1.82) is 0 Å². The fraction of sp³-hybridized carbons (Fsp3) is 0.857. The van der Waals surface area contributed by atoms with E-state index in [2.05, 4.69) is 6.42 Å². The Morgan fingerprint density at radius 1 is 1.38 bits per heavy atom. The second kappa shape index (κ2) is 1.47. The Labute approximate surface area is 50.3 Å². The first-order valence-electron chi connectivity index (χ1n) is 3.47. The van der Waals surface area contributed by atoms with Crippen molar-refractivity contribution >= 4 is 0 Å². The van der Waals surface area contributed by atoms with Gasteiger partial charge in [0.15, 0.2) is 0 Å². The molecule has 2 bridgehead atoms. The molecule has 2 saturated carbocycles. The van der Waals surface area contributed by atoms with Crippen molar-refractivity contribution in [1.82, 2.24) is 0 Å². The molecule has 3 unspecified atom stereocenters. The summed E-state index contributed by atoms with van der Waals surface area (Å²) in [5.74, 6) is 1.76. The first-order chi connectivity index (χ1) is 3.86. The lowest BCUT2D eigenvalue weighted by Gasteiger charge is -2.15. The summed E-state index contributed by atoms with van der Waals surface area (Å²) in [5.41, 5.74) is 5.76. The molecule has 0 aromatic rings. The molecule has 8 heavy (non-hydrogen) atoms. The molecule has 0 aliphatic heterocycles. The van der Waals surface area contributed by atoms with Gasteiger partial charge in [0.1, 0.15) is 0 Å². The summed E-state index contributed by atoms with van der Waals surface area (Å²) in [6.07, 6.45) is 6.52. The Balaban J connectivity index is 2.11. The van der Waals surface area contributed by atoms with Gasteiger partial charge in [0, 0.05) is 6.04 Å². The molecule has 0 spiro atoms. The van der Waals surface area contributed by atoms with Gasteiger partial charge in [0.2, 0.25) is 0 Å². The number of fused-ring (bicyclic) bond motifs is 2. The second-order valence-electron chi connectivity index (χ2n) is 3.10. The topological polar surface area (TPSA) is 26.0 Å². The highest BCUT2D eigenvalue weighted by Gasteiger charge is 2.37. The van der Waals surface area contributed by atoms with Crippen LogP contribution in [0.2, 0.25) is 0 Å². The molecule has 45 valence electrons. The summed E-state index contributed by atoms with van der Waals surface area (Å²) in [6.45, 7) is 0. The molecule has 0 aromatic carbocycles. The van der Waals surface area contributed by atoms with E-state index in [4.69, 9.17) is 5.73 Å². The minimum Gasteiger partial charge on any atom is -0.327 e. The van der Waals surface area contributed by atoms with Gasteiger partial charge in [-0.2, -0.15) is 0 Å². The van der Waals surface area contributed by atoms with Crippen LogP contribution in [0.5, 0.6) is 0 Å². The van der Waals surface area contributed by atoms with E-state index >= 15 is 0 Å². The third-order valence-corrected chi connectivity index (χ3v) is 2.55. The second-order valence-corrected chi connectivity index (χ2v) is 3.10. The zero-order chi connectivity index (χ0) is 5.56. The SMILES string of the molecule is NC1[CH]C2CCC1C2. The number of nitrogens with two attached hydrogens (primary N) is 1. The van der Waals surface area contributed by atoms with Crippen LogP contribution >= 0.6 is 0 Å². The Morgan fingerprint density at radius 2 is 2.25 bits per heavy atom. The standard InChI is InChI=1S/C7H12N/c8-7-4-5-1-2-6(7)3-5/h4-7H,1-3,8H2. The van der Waals surface area contributed by atoms with Crippen LogP contribution in [0.15, 0.2) is 0 Å². The normalized spacial score (nSPS) is 52.9.